The average molecular weight is 626 g/mol. The summed E-state index contributed by atoms with van der Waals surface area (Å²) in [5.74, 6) is -3.55. The van der Waals surface area contributed by atoms with Crippen LogP contribution in [0.1, 0.15) is 48.7 Å². The fourth-order valence-electron chi connectivity index (χ4n) is 6.20. The molecule has 222 valence electrons. The Labute approximate surface area is 257 Å². The van der Waals surface area contributed by atoms with Crippen LogP contribution in [0.5, 0.6) is 0 Å². The Morgan fingerprint density at radius 3 is 2.33 bits per heavy atom. The van der Waals surface area contributed by atoms with Crippen LogP contribution >= 0.6 is 23.2 Å². The maximum Gasteiger partial charge on any atom is 0.335 e. The van der Waals surface area contributed by atoms with E-state index in [2.05, 4.69) is 6.07 Å². The van der Waals surface area contributed by atoms with Crippen LogP contribution < -0.4 is 4.90 Å². The predicted octanol–water partition coefficient (Wildman–Crippen LogP) is 6.63. The Morgan fingerprint density at radius 2 is 1.77 bits per heavy atom. The molecule has 3 aromatic rings. The summed E-state index contributed by atoms with van der Waals surface area (Å²) in [4.78, 5) is 28.8. The highest BCUT2D eigenvalue weighted by Crippen LogP contribution is 2.58. The van der Waals surface area contributed by atoms with Gasteiger partial charge in [0.1, 0.15) is 28.9 Å². The molecule has 3 atom stereocenters. The van der Waals surface area contributed by atoms with E-state index in [4.69, 9.17) is 23.2 Å². The second-order valence-electron chi connectivity index (χ2n) is 11.7. The van der Waals surface area contributed by atoms with E-state index in [1.807, 2.05) is 20.8 Å². The molecular weight excluding hydrogens is 599 g/mol. The number of aliphatic hydroxyl groups is 1. The molecule has 43 heavy (non-hydrogen) atoms. The lowest BCUT2D eigenvalue weighted by molar-refractivity contribution is -0.114. The zero-order valence-corrected chi connectivity index (χ0v) is 24.9. The van der Waals surface area contributed by atoms with Crippen molar-refractivity contribution in [2.45, 2.75) is 44.8 Å². The molecule has 1 saturated heterocycles. The number of rotatable bonds is 6. The summed E-state index contributed by atoms with van der Waals surface area (Å²) in [5, 5.41) is 31.0. The van der Waals surface area contributed by atoms with E-state index >= 15 is 8.78 Å². The van der Waals surface area contributed by atoms with Crippen LogP contribution in [0.2, 0.25) is 10.0 Å². The number of aromatic carboxylic acids is 1. The highest BCUT2D eigenvalue weighted by Gasteiger charge is 2.63. The molecule has 7 nitrogen and oxygen atoms in total. The van der Waals surface area contributed by atoms with Crippen LogP contribution in [0.15, 0.2) is 66.4 Å². The molecular formula is C32H27Cl2F2N3O4. The van der Waals surface area contributed by atoms with Crippen molar-refractivity contribution in [3.8, 4) is 6.07 Å². The van der Waals surface area contributed by atoms with Gasteiger partial charge in [0.25, 0.3) is 5.91 Å². The Morgan fingerprint density at radius 1 is 1.09 bits per heavy atom. The smallest absolute Gasteiger partial charge is 0.335 e. The number of carbonyl (C=O) groups is 2. The number of nitriles is 1. The molecule has 1 amide bonds. The number of carboxylic acids is 1. The Hall–Kier alpha value is -3.97. The third kappa shape index (κ3) is 4.84. The van der Waals surface area contributed by atoms with Crippen LogP contribution in [0, 0.1) is 28.4 Å². The van der Waals surface area contributed by atoms with Crippen molar-refractivity contribution < 1.29 is 28.6 Å². The lowest BCUT2D eigenvalue weighted by atomic mass is 9.65. The summed E-state index contributed by atoms with van der Waals surface area (Å²) in [5.41, 5.74) is -2.61. The van der Waals surface area contributed by atoms with Gasteiger partial charge in [-0.3, -0.25) is 9.69 Å². The number of aliphatic hydroxyl groups excluding tert-OH is 1. The summed E-state index contributed by atoms with van der Waals surface area (Å²) in [6, 6.07) is 14.9. The summed E-state index contributed by atoms with van der Waals surface area (Å²) in [6.07, 6.45) is -0.874. The fraction of sp³-hybridized carbons (Fsp3) is 0.281. The van der Waals surface area contributed by atoms with Crippen molar-refractivity contribution in [1.82, 2.24) is 4.90 Å². The molecule has 0 bridgehead atoms. The molecule has 2 aliphatic heterocycles. The normalized spacial score (nSPS) is 21.8. The molecule has 0 aliphatic carbocycles. The van der Waals surface area contributed by atoms with Gasteiger partial charge in [0.2, 0.25) is 0 Å². The molecule has 2 heterocycles. The molecule has 5 rings (SSSR count). The topological polar surface area (TPSA) is 105 Å². The fourth-order valence-corrected chi connectivity index (χ4v) is 6.53. The third-order valence-electron chi connectivity index (χ3n) is 7.88. The number of hydrogen-bond acceptors (Lipinski definition) is 5. The number of benzene rings is 3. The van der Waals surface area contributed by atoms with Crippen molar-refractivity contribution in [3.63, 3.8) is 0 Å². The zero-order valence-electron chi connectivity index (χ0n) is 23.4. The van der Waals surface area contributed by atoms with Gasteiger partial charge in [-0.15, -0.1) is 0 Å². The van der Waals surface area contributed by atoms with Gasteiger partial charge in [0, 0.05) is 27.4 Å². The second kappa shape index (κ2) is 10.9. The standard InChI is InChI=1S/C32H27Cl2F2N3O4/c1-31(2,3)14-24-32(16-37,21-12-9-18(33)13-23(21)35)26(20-5-4-6-22(34)27(20)36)28-29(41)38(25(15-40)39(24)28)19-10-7-17(8-11-19)30(42)43/h4-13,24-25,40H,14-15H2,1-3H3,(H,42,43)/t24-,25+,32-/m0/s1. The van der Waals surface area contributed by atoms with Gasteiger partial charge in [-0.05, 0) is 54.3 Å². The maximum absolute atomic E-state index is 15.9. The summed E-state index contributed by atoms with van der Waals surface area (Å²) in [7, 11) is 0. The van der Waals surface area contributed by atoms with Gasteiger partial charge < -0.3 is 15.1 Å². The molecule has 0 spiro atoms. The Balaban J connectivity index is 1.89. The minimum Gasteiger partial charge on any atom is -0.478 e. The van der Waals surface area contributed by atoms with Gasteiger partial charge in [0.05, 0.1) is 29.3 Å². The molecule has 3 aromatic carbocycles. The monoisotopic (exact) mass is 625 g/mol. The van der Waals surface area contributed by atoms with Crippen LogP contribution in [-0.2, 0) is 10.2 Å². The van der Waals surface area contributed by atoms with Crippen molar-refractivity contribution in [2.75, 3.05) is 11.5 Å². The first-order valence-corrected chi connectivity index (χ1v) is 14.1. The highest BCUT2D eigenvalue weighted by molar-refractivity contribution is 6.31. The van der Waals surface area contributed by atoms with E-state index in [1.54, 1.807) is 4.90 Å². The summed E-state index contributed by atoms with van der Waals surface area (Å²) < 4.78 is 31.9. The molecule has 11 heteroatoms. The molecule has 0 unspecified atom stereocenters. The average Bonchev–Trinajstić information content (AvgIpc) is 3.38. The Kier molecular flexibility index (Phi) is 7.76. The third-order valence-corrected chi connectivity index (χ3v) is 8.41. The minimum absolute atomic E-state index is 0.00957. The number of nitrogens with zero attached hydrogens (tertiary/aromatic N) is 3. The molecule has 0 saturated carbocycles. The first-order valence-electron chi connectivity index (χ1n) is 13.4. The Bertz CT molecular complexity index is 1710. The van der Waals surface area contributed by atoms with Crippen LogP contribution in [-0.4, -0.2) is 45.8 Å². The molecule has 0 aromatic heterocycles. The van der Waals surface area contributed by atoms with Gasteiger partial charge in [-0.25, -0.2) is 13.6 Å². The number of amides is 1. The van der Waals surface area contributed by atoms with Gasteiger partial charge in [0.15, 0.2) is 0 Å². The molecule has 2 aliphatic rings. The van der Waals surface area contributed by atoms with Gasteiger partial charge >= 0.3 is 5.97 Å². The first-order chi connectivity index (χ1) is 20.3. The lowest BCUT2D eigenvalue weighted by Gasteiger charge is -2.42. The van der Waals surface area contributed by atoms with E-state index < -0.39 is 53.2 Å². The molecule has 2 N–H and O–H groups in total. The highest BCUT2D eigenvalue weighted by atomic mass is 35.5. The van der Waals surface area contributed by atoms with Crippen molar-refractivity contribution in [3.05, 3.63) is 105 Å². The minimum atomic E-state index is -1.94. The van der Waals surface area contributed by atoms with Crippen LogP contribution in [0.4, 0.5) is 14.5 Å². The number of carbonyl (C=O) groups excluding carboxylic acids is 1. The van der Waals surface area contributed by atoms with E-state index in [0.717, 1.165) is 6.07 Å². The van der Waals surface area contributed by atoms with E-state index in [0.29, 0.717) is 0 Å². The van der Waals surface area contributed by atoms with Crippen molar-refractivity contribution >= 4 is 46.3 Å². The molecule has 1 fully saturated rings. The predicted molar refractivity (Wildman–Crippen MR) is 158 cm³/mol. The van der Waals surface area contributed by atoms with Crippen molar-refractivity contribution in [2.24, 2.45) is 5.41 Å². The second-order valence-corrected chi connectivity index (χ2v) is 12.6. The zero-order chi connectivity index (χ0) is 31.4. The van der Waals surface area contributed by atoms with E-state index in [1.165, 1.54) is 59.5 Å². The summed E-state index contributed by atoms with van der Waals surface area (Å²) in [6.45, 7) is 5.14. The van der Waals surface area contributed by atoms with Crippen LogP contribution in [0.3, 0.4) is 0 Å². The van der Waals surface area contributed by atoms with E-state index in [-0.39, 0.29) is 50.1 Å². The van der Waals surface area contributed by atoms with Gasteiger partial charge in [-0.2, -0.15) is 5.26 Å². The number of fused-ring (bicyclic) bond motifs is 1. The number of halogens is 4. The maximum atomic E-state index is 15.9. The molecule has 0 radical (unpaired) electrons. The lowest BCUT2D eigenvalue weighted by Crippen LogP contribution is -2.53. The number of hydrogen-bond donors (Lipinski definition) is 2. The first kappa shape index (κ1) is 30.5. The summed E-state index contributed by atoms with van der Waals surface area (Å²) >= 11 is 12.3. The number of anilines is 1. The number of carboxylic acid groups (broad SMARTS) is 1. The largest absolute Gasteiger partial charge is 0.478 e. The quantitative estimate of drug-likeness (QED) is 0.319. The van der Waals surface area contributed by atoms with E-state index in [9.17, 15) is 25.1 Å². The van der Waals surface area contributed by atoms with Crippen LogP contribution in [0.25, 0.3) is 5.57 Å². The van der Waals surface area contributed by atoms with Crippen molar-refractivity contribution in [1.29, 1.82) is 5.26 Å². The SMILES string of the molecule is CC(C)(C)C[C@@H]1N2C(=C(c3cccc(Cl)c3F)[C@@]1(C#N)c1ccc(Cl)cc1F)C(=O)N(c1ccc(C(=O)O)cc1)[C@H]2CO. The van der Waals surface area contributed by atoms with Gasteiger partial charge in [-0.1, -0.05) is 62.2 Å².